The van der Waals surface area contributed by atoms with Crippen LogP contribution in [0.25, 0.3) is 0 Å². The van der Waals surface area contributed by atoms with Crippen LogP contribution in [0.5, 0.6) is 5.75 Å². The number of halogens is 1. The van der Waals surface area contributed by atoms with Crippen molar-refractivity contribution in [2.24, 2.45) is 0 Å². The van der Waals surface area contributed by atoms with Gasteiger partial charge in [0.25, 0.3) is 15.9 Å². The maximum absolute atomic E-state index is 12.4. The van der Waals surface area contributed by atoms with E-state index in [1.165, 1.54) is 30.3 Å². The van der Waals surface area contributed by atoms with E-state index in [2.05, 4.69) is 10.0 Å². The van der Waals surface area contributed by atoms with Gasteiger partial charge in [0.2, 0.25) is 0 Å². The summed E-state index contributed by atoms with van der Waals surface area (Å²) < 4.78 is 32.4. The number of amides is 1. The third kappa shape index (κ3) is 5.28. The second kappa shape index (κ2) is 8.98. The highest BCUT2D eigenvalue weighted by Gasteiger charge is 2.16. The highest BCUT2D eigenvalue weighted by atomic mass is 35.5. The van der Waals surface area contributed by atoms with Crippen molar-refractivity contribution in [3.8, 4) is 5.75 Å². The van der Waals surface area contributed by atoms with E-state index >= 15 is 0 Å². The summed E-state index contributed by atoms with van der Waals surface area (Å²) in [5, 5.41) is 2.92. The lowest BCUT2D eigenvalue weighted by Crippen LogP contribution is -2.23. The Bertz CT molecular complexity index is 1120. The molecule has 0 atom stereocenters. The predicted molar refractivity (Wildman–Crippen MR) is 113 cm³/mol. The van der Waals surface area contributed by atoms with E-state index in [4.69, 9.17) is 16.3 Å². The van der Waals surface area contributed by atoms with Gasteiger partial charge in [-0.1, -0.05) is 41.9 Å². The van der Waals surface area contributed by atoms with Crippen LogP contribution >= 0.6 is 11.6 Å². The van der Waals surface area contributed by atoms with Crippen LogP contribution in [0.4, 0.5) is 5.69 Å². The lowest BCUT2D eigenvalue weighted by Gasteiger charge is -2.11. The van der Waals surface area contributed by atoms with E-state index in [9.17, 15) is 13.2 Å². The van der Waals surface area contributed by atoms with Gasteiger partial charge in [0.1, 0.15) is 5.75 Å². The summed E-state index contributed by atoms with van der Waals surface area (Å²) in [4.78, 5) is 12.6. The Morgan fingerprint density at radius 3 is 2.45 bits per heavy atom. The van der Waals surface area contributed by atoms with Crippen molar-refractivity contribution in [2.45, 2.75) is 11.4 Å². The van der Waals surface area contributed by atoms with Gasteiger partial charge in [0.05, 0.1) is 28.3 Å². The topological polar surface area (TPSA) is 84.5 Å². The molecule has 3 aromatic rings. The minimum absolute atomic E-state index is 0.135. The Morgan fingerprint density at radius 1 is 1.00 bits per heavy atom. The molecule has 0 aromatic heterocycles. The molecule has 0 fully saturated rings. The average Bonchev–Trinajstić information content (AvgIpc) is 2.72. The van der Waals surface area contributed by atoms with Gasteiger partial charge in [-0.2, -0.15) is 0 Å². The molecule has 3 rings (SSSR count). The second-order valence-electron chi connectivity index (χ2n) is 6.15. The molecule has 0 bridgehead atoms. The van der Waals surface area contributed by atoms with Crippen LogP contribution < -0.4 is 14.8 Å². The van der Waals surface area contributed by atoms with Gasteiger partial charge in [-0.25, -0.2) is 8.42 Å². The molecule has 8 heteroatoms. The molecule has 2 N–H and O–H groups in total. The first-order valence-electron chi connectivity index (χ1n) is 8.67. The summed E-state index contributed by atoms with van der Waals surface area (Å²) in [6, 6.07) is 19.7. The highest BCUT2D eigenvalue weighted by molar-refractivity contribution is 7.92. The molecule has 3 aromatic carbocycles. The van der Waals surface area contributed by atoms with Gasteiger partial charge in [0.15, 0.2) is 0 Å². The molecule has 0 saturated carbocycles. The number of hydrogen-bond donors (Lipinski definition) is 2. The van der Waals surface area contributed by atoms with Crippen LogP contribution in [0.1, 0.15) is 15.9 Å². The van der Waals surface area contributed by atoms with Crippen LogP contribution in [0.3, 0.4) is 0 Å². The van der Waals surface area contributed by atoms with E-state index in [1.807, 2.05) is 24.3 Å². The summed E-state index contributed by atoms with van der Waals surface area (Å²) in [6.07, 6.45) is 0. The third-order valence-electron chi connectivity index (χ3n) is 4.11. The highest BCUT2D eigenvalue weighted by Crippen LogP contribution is 2.23. The zero-order chi connectivity index (χ0) is 20.9. The van der Waals surface area contributed by atoms with Crippen LogP contribution in [0, 0.1) is 0 Å². The predicted octanol–water partition coefficient (Wildman–Crippen LogP) is 4.08. The Kier molecular flexibility index (Phi) is 6.41. The Labute approximate surface area is 174 Å². The molecule has 150 valence electrons. The standard InChI is InChI=1S/C21H19ClN2O4S/c1-28-17-7-5-6-15(12-17)14-23-21(25)19-11-10-16(13-20(19)22)24-29(26,27)18-8-3-2-4-9-18/h2-13,24H,14H2,1H3,(H,23,25). The molecule has 0 heterocycles. The summed E-state index contributed by atoms with van der Waals surface area (Å²) in [6.45, 7) is 0.300. The van der Waals surface area contributed by atoms with E-state index in [0.29, 0.717) is 12.3 Å². The van der Waals surface area contributed by atoms with Crippen molar-refractivity contribution in [3.63, 3.8) is 0 Å². The second-order valence-corrected chi connectivity index (χ2v) is 8.24. The summed E-state index contributed by atoms with van der Waals surface area (Å²) >= 11 is 6.21. The Hall–Kier alpha value is -3.03. The summed E-state index contributed by atoms with van der Waals surface area (Å²) in [7, 11) is -2.16. The third-order valence-corrected chi connectivity index (χ3v) is 5.82. The molecule has 0 aliphatic carbocycles. The smallest absolute Gasteiger partial charge is 0.261 e. The van der Waals surface area contributed by atoms with Gasteiger partial charge < -0.3 is 10.1 Å². The van der Waals surface area contributed by atoms with Crippen molar-refractivity contribution < 1.29 is 17.9 Å². The fraction of sp³-hybridized carbons (Fsp3) is 0.0952. The average molecular weight is 431 g/mol. The minimum atomic E-state index is -3.74. The van der Waals surface area contributed by atoms with Gasteiger partial charge in [0, 0.05) is 6.54 Å². The molecular weight excluding hydrogens is 412 g/mol. The molecule has 6 nitrogen and oxygen atoms in total. The van der Waals surface area contributed by atoms with Gasteiger partial charge >= 0.3 is 0 Å². The lowest BCUT2D eigenvalue weighted by atomic mass is 10.1. The van der Waals surface area contributed by atoms with E-state index in [0.717, 1.165) is 5.56 Å². The van der Waals surface area contributed by atoms with E-state index in [-0.39, 0.29) is 27.1 Å². The molecular formula is C21H19ClN2O4S. The Morgan fingerprint density at radius 2 is 1.76 bits per heavy atom. The molecule has 29 heavy (non-hydrogen) atoms. The number of sulfonamides is 1. The number of methoxy groups -OCH3 is 1. The van der Waals surface area contributed by atoms with Crippen molar-refractivity contribution in [3.05, 3.63) is 88.9 Å². The minimum Gasteiger partial charge on any atom is -0.497 e. The molecule has 0 unspecified atom stereocenters. The summed E-state index contributed by atoms with van der Waals surface area (Å²) in [5.41, 5.74) is 1.39. The number of hydrogen-bond acceptors (Lipinski definition) is 4. The first-order chi connectivity index (χ1) is 13.9. The molecule has 0 saturated heterocycles. The number of benzene rings is 3. The number of carbonyl (C=O) groups is 1. The maximum Gasteiger partial charge on any atom is 0.261 e. The summed E-state index contributed by atoms with van der Waals surface area (Å²) in [5.74, 6) is 0.333. The number of nitrogens with one attached hydrogen (secondary N) is 2. The van der Waals surface area contributed by atoms with E-state index < -0.39 is 10.0 Å². The largest absolute Gasteiger partial charge is 0.497 e. The normalized spacial score (nSPS) is 11.0. The molecule has 0 aliphatic heterocycles. The van der Waals surface area contributed by atoms with Crippen LogP contribution in [-0.4, -0.2) is 21.4 Å². The quantitative estimate of drug-likeness (QED) is 0.591. The Balaban J connectivity index is 1.69. The van der Waals surface area contributed by atoms with E-state index in [1.54, 1.807) is 25.3 Å². The first kappa shape index (κ1) is 20.7. The fourth-order valence-corrected chi connectivity index (χ4v) is 3.97. The molecule has 0 spiro atoms. The van der Waals surface area contributed by atoms with Gasteiger partial charge in [-0.05, 0) is 48.0 Å². The van der Waals surface area contributed by atoms with Gasteiger partial charge in [-0.3, -0.25) is 9.52 Å². The van der Waals surface area contributed by atoms with Crippen LogP contribution in [0.15, 0.2) is 77.7 Å². The van der Waals surface area contributed by atoms with Crippen molar-refractivity contribution >= 4 is 33.2 Å². The number of rotatable bonds is 7. The first-order valence-corrected chi connectivity index (χ1v) is 10.5. The zero-order valence-corrected chi connectivity index (χ0v) is 17.1. The number of ether oxygens (including phenoxy) is 1. The zero-order valence-electron chi connectivity index (χ0n) is 15.6. The van der Waals surface area contributed by atoms with Crippen molar-refractivity contribution in [1.82, 2.24) is 5.32 Å². The maximum atomic E-state index is 12.4. The monoisotopic (exact) mass is 430 g/mol. The SMILES string of the molecule is COc1cccc(CNC(=O)c2ccc(NS(=O)(=O)c3ccccc3)cc2Cl)c1. The fourth-order valence-electron chi connectivity index (χ4n) is 2.64. The molecule has 0 radical (unpaired) electrons. The molecule has 0 aliphatic rings. The van der Waals surface area contributed by atoms with Gasteiger partial charge in [-0.15, -0.1) is 0 Å². The number of carbonyl (C=O) groups excluding carboxylic acids is 1. The van der Waals surface area contributed by atoms with Crippen LogP contribution in [0.2, 0.25) is 5.02 Å². The molecule has 1 amide bonds. The van der Waals surface area contributed by atoms with Crippen molar-refractivity contribution in [2.75, 3.05) is 11.8 Å². The lowest BCUT2D eigenvalue weighted by molar-refractivity contribution is 0.0951. The van der Waals surface area contributed by atoms with Crippen molar-refractivity contribution in [1.29, 1.82) is 0 Å². The van der Waals surface area contributed by atoms with Crippen LogP contribution in [-0.2, 0) is 16.6 Å². The number of anilines is 1.